The summed E-state index contributed by atoms with van der Waals surface area (Å²) >= 11 is 0. The third-order valence-corrected chi connectivity index (χ3v) is 4.14. The zero-order valence-corrected chi connectivity index (χ0v) is 14.4. The molecule has 0 unspecified atom stereocenters. The normalized spacial score (nSPS) is 23.7. The highest BCUT2D eigenvalue weighted by Gasteiger charge is 2.50. The molecule has 1 aromatic rings. The minimum Gasteiger partial charge on any atom is -1.00 e. The van der Waals surface area contributed by atoms with Gasteiger partial charge in [0.15, 0.2) is 24.7 Å². The Morgan fingerprint density at radius 2 is 1.67 bits per heavy atom. The van der Waals surface area contributed by atoms with Crippen molar-refractivity contribution >= 4 is 10.1 Å². The van der Waals surface area contributed by atoms with Crippen molar-refractivity contribution in [2.75, 3.05) is 6.61 Å². The molecule has 0 aliphatic carbocycles. The molecule has 2 rings (SSSR count). The number of pyridine rings is 1. The summed E-state index contributed by atoms with van der Waals surface area (Å²) in [6, 6.07) is 5.37. The van der Waals surface area contributed by atoms with Gasteiger partial charge in [-0.1, -0.05) is 6.07 Å². The Labute approximate surface area is 144 Å². The first kappa shape index (κ1) is 21.1. The van der Waals surface area contributed by atoms with Crippen molar-refractivity contribution in [3.05, 3.63) is 30.6 Å². The molecule has 0 amide bonds. The van der Waals surface area contributed by atoms with E-state index >= 15 is 0 Å². The summed E-state index contributed by atoms with van der Waals surface area (Å²) in [4.78, 5) is 0. The fraction of sp³-hybridized carbons (Fsp3) is 0.615. The maximum Gasteiger partial charge on any atom is 0.523 e. The molecule has 2 heterocycles. The Kier molecular flexibility index (Phi) is 6.62. The molecule has 0 bridgehead atoms. The SMILES string of the molecule is CC1(C)O[C@@H](COS(=O)(=O)C(F)(F)F)[C@H](C[n+]2ccccc2)O1.[Cl-]. The van der Waals surface area contributed by atoms with Gasteiger partial charge in [-0.3, -0.25) is 4.18 Å². The molecule has 0 aromatic carbocycles. The van der Waals surface area contributed by atoms with Crippen LogP contribution in [0.1, 0.15) is 13.8 Å². The maximum atomic E-state index is 12.3. The molecular formula is C13H17ClF3NO5S. The Hall–Kier alpha value is -0.940. The van der Waals surface area contributed by atoms with Crippen LogP contribution in [0.4, 0.5) is 13.2 Å². The van der Waals surface area contributed by atoms with E-state index in [2.05, 4.69) is 4.18 Å². The summed E-state index contributed by atoms with van der Waals surface area (Å²) in [6.45, 7) is 2.69. The first-order chi connectivity index (χ1) is 10.5. The summed E-state index contributed by atoms with van der Waals surface area (Å²) in [5.41, 5.74) is -5.47. The molecule has 24 heavy (non-hydrogen) atoms. The zero-order valence-electron chi connectivity index (χ0n) is 12.9. The Morgan fingerprint density at radius 1 is 1.12 bits per heavy atom. The van der Waals surface area contributed by atoms with E-state index in [0.717, 1.165) is 0 Å². The summed E-state index contributed by atoms with van der Waals surface area (Å²) in [6.07, 6.45) is 1.90. The van der Waals surface area contributed by atoms with E-state index < -0.39 is 40.2 Å². The van der Waals surface area contributed by atoms with Crippen molar-refractivity contribution in [1.29, 1.82) is 0 Å². The van der Waals surface area contributed by atoms with Gasteiger partial charge in [-0.15, -0.1) is 0 Å². The summed E-state index contributed by atoms with van der Waals surface area (Å²) in [7, 11) is -5.66. The van der Waals surface area contributed by atoms with Gasteiger partial charge in [0.2, 0.25) is 0 Å². The maximum absolute atomic E-state index is 12.3. The molecule has 2 atom stereocenters. The number of hydrogen-bond donors (Lipinski definition) is 0. The molecular weight excluding hydrogens is 375 g/mol. The Balaban J connectivity index is 0.00000288. The van der Waals surface area contributed by atoms with Crippen molar-refractivity contribution in [3.8, 4) is 0 Å². The van der Waals surface area contributed by atoms with E-state index in [-0.39, 0.29) is 19.0 Å². The first-order valence-corrected chi connectivity index (χ1v) is 8.16. The van der Waals surface area contributed by atoms with Crippen LogP contribution >= 0.6 is 0 Å². The molecule has 6 nitrogen and oxygen atoms in total. The molecule has 0 saturated carbocycles. The van der Waals surface area contributed by atoms with Crippen LogP contribution in [0.2, 0.25) is 0 Å². The molecule has 1 aliphatic rings. The lowest BCUT2D eigenvalue weighted by molar-refractivity contribution is -0.704. The fourth-order valence-electron chi connectivity index (χ4n) is 2.19. The lowest BCUT2D eigenvalue weighted by Gasteiger charge is -2.16. The highest BCUT2D eigenvalue weighted by Crippen LogP contribution is 2.30. The lowest BCUT2D eigenvalue weighted by Crippen LogP contribution is -3.00. The molecule has 0 spiro atoms. The van der Waals surface area contributed by atoms with E-state index in [1.54, 1.807) is 42.9 Å². The summed E-state index contributed by atoms with van der Waals surface area (Å²) in [5, 5.41) is 0. The minimum absolute atomic E-state index is 0. The Morgan fingerprint density at radius 3 is 2.21 bits per heavy atom. The number of rotatable bonds is 5. The second-order valence-corrected chi connectivity index (χ2v) is 7.08. The number of nitrogens with zero attached hydrogens (tertiary/aromatic N) is 1. The van der Waals surface area contributed by atoms with Crippen LogP contribution in [-0.4, -0.2) is 38.5 Å². The van der Waals surface area contributed by atoms with Crippen LogP contribution < -0.4 is 17.0 Å². The van der Waals surface area contributed by atoms with Crippen molar-refractivity contribution in [2.45, 2.75) is 43.9 Å². The van der Waals surface area contributed by atoms with Crippen molar-refractivity contribution in [3.63, 3.8) is 0 Å². The highest BCUT2D eigenvalue weighted by molar-refractivity contribution is 7.87. The van der Waals surface area contributed by atoms with Gasteiger partial charge >= 0.3 is 15.6 Å². The van der Waals surface area contributed by atoms with E-state index in [1.807, 2.05) is 6.07 Å². The van der Waals surface area contributed by atoms with Crippen molar-refractivity contribution < 1.29 is 52.2 Å². The van der Waals surface area contributed by atoms with Gasteiger partial charge in [0.25, 0.3) is 0 Å². The predicted molar refractivity (Wildman–Crippen MR) is 71.4 cm³/mol. The van der Waals surface area contributed by atoms with Crippen LogP contribution in [0, 0.1) is 0 Å². The molecule has 1 aliphatic heterocycles. The van der Waals surface area contributed by atoms with Gasteiger partial charge < -0.3 is 21.9 Å². The number of halogens is 4. The third kappa shape index (κ3) is 5.28. The average molecular weight is 392 g/mol. The monoisotopic (exact) mass is 391 g/mol. The van der Waals surface area contributed by atoms with Gasteiger partial charge in [-0.25, -0.2) is 4.57 Å². The van der Waals surface area contributed by atoms with Gasteiger partial charge in [-0.2, -0.15) is 21.6 Å². The second kappa shape index (κ2) is 7.52. The van der Waals surface area contributed by atoms with Crippen molar-refractivity contribution in [2.24, 2.45) is 0 Å². The van der Waals surface area contributed by atoms with Gasteiger partial charge in [0.1, 0.15) is 12.2 Å². The fourth-order valence-corrected chi connectivity index (χ4v) is 2.64. The van der Waals surface area contributed by atoms with Gasteiger partial charge in [0, 0.05) is 12.1 Å². The highest BCUT2D eigenvalue weighted by atomic mass is 35.5. The van der Waals surface area contributed by atoms with E-state index in [9.17, 15) is 21.6 Å². The number of ether oxygens (including phenoxy) is 2. The molecule has 0 radical (unpaired) electrons. The van der Waals surface area contributed by atoms with E-state index in [4.69, 9.17) is 9.47 Å². The third-order valence-electron chi connectivity index (χ3n) is 3.12. The standard InChI is InChI=1S/C13H17F3NO5S.ClH/c1-12(2)21-10(8-17-6-4-3-5-7-17)11(22-12)9-20-23(18,19)13(14,15)16;/h3-7,10-11H,8-9H2,1-2H3;1H/q+1;/p-1/t10-,11-;/m0./s1. The first-order valence-electron chi connectivity index (χ1n) is 6.76. The molecule has 11 heteroatoms. The Bertz CT molecular complexity index is 639. The minimum atomic E-state index is -5.66. The zero-order chi connectivity index (χ0) is 17.3. The summed E-state index contributed by atoms with van der Waals surface area (Å²) in [5.74, 6) is -1.05. The smallest absolute Gasteiger partial charge is 0.523 e. The number of alkyl halides is 3. The van der Waals surface area contributed by atoms with Crippen LogP contribution in [0.15, 0.2) is 30.6 Å². The van der Waals surface area contributed by atoms with E-state index in [0.29, 0.717) is 0 Å². The summed E-state index contributed by atoms with van der Waals surface area (Å²) < 4.78 is 75.8. The lowest BCUT2D eigenvalue weighted by atomic mass is 10.2. The molecule has 0 N–H and O–H groups in total. The topological polar surface area (TPSA) is 65.7 Å². The molecule has 1 aromatic heterocycles. The predicted octanol–water partition coefficient (Wildman–Crippen LogP) is -1.64. The largest absolute Gasteiger partial charge is 1.00 e. The van der Waals surface area contributed by atoms with Crippen LogP contribution in [-0.2, 0) is 30.3 Å². The van der Waals surface area contributed by atoms with Crippen LogP contribution in [0.3, 0.4) is 0 Å². The van der Waals surface area contributed by atoms with Gasteiger partial charge in [-0.05, 0) is 13.8 Å². The molecule has 1 saturated heterocycles. The molecule has 138 valence electrons. The second-order valence-electron chi connectivity index (χ2n) is 5.47. The van der Waals surface area contributed by atoms with Crippen molar-refractivity contribution in [1.82, 2.24) is 0 Å². The van der Waals surface area contributed by atoms with Gasteiger partial charge in [0.05, 0.1) is 6.61 Å². The van der Waals surface area contributed by atoms with Crippen LogP contribution in [0.25, 0.3) is 0 Å². The number of hydrogen-bond acceptors (Lipinski definition) is 5. The average Bonchev–Trinajstić information content (AvgIpc) is 2.71. The quantitative estimate of drug-likeness (QED) is 0.342. The van der Waals surface area contributed by atoms with Crippen LogP contribution in [0.5, 0.6) is 0 Å². The number of aromatic nitrogens is 1. The van der Waals surface area contributed by atoms with E-state index in [1.165, 1.54) is 0 Å². The molecule has 1 fully saturated rings.